The van der Waals surface area contributed by atoms with E-state index >= 15 is 0 Å². The van der Waals surface area contributed by atoms with Crippen LogP contribution in [-0.4, -0.2) is 41.1 Å². The predicted molar refractivity (Wildman–Crippen MR) is 90.7 cm³/mol. The van der Waals surface area contributed by atoms with Crippen LogP contribution in [0.4, 0.5) is 5.13 Å². The molecular weight excluding hydrogens is 308 g/mol. The molecule has 1 aromatic heterocycles. The number of aromatic nitrogens is 2. The summed E-state index contributed by atoms with van der Waals surface area (Å²) < 4.78 is 0. The third-order valence-corrected chi connectivity index (χ3v) is 5.67. The van der Waals surface area contributed by atoms with Gasteiger partial charge in [0.1, 0.15) is 5.01 Å². The van der Waals surface area contributed by atoms with Crippen molar-refractivity contribution in [3.8, 4) is 0 Å². The van der Waals surface area contributed by atoms with Gasteiger partial charge < -0.3 is 10.2 Å². The second-order valence-corrected chi connectivity index (χ2v) is 7.56. The normalized spacial score (nSPS) is 24.7. The molecule has 1 aromatic carbocycles. The molecule has 2 aromatic rings. The van der Waals surface area contributed by atoms with E-state index in [4.69, 9.17) is 0 Å². The highest BCUT2D eigenvalue weighted by Gasteiger charge is 2.37. The van der Waals surface area contributed by atoms with Gasteiger partial charge >= 0.3 is 0 Å². The van der Waals surface area contributed by atoms with Crippen LogP contribution in [0.5, 0.6) is 0 Å². The first kappa shape index (κ1) is 14.8. The van der Waals surface area contributed by atoms with Crippen LogP contribution in [0.25, 0.3) is 0 Å². The quantitative estimate of drug-likeness (QED) is 0.937. The number of amides is 1. The maximum absolute atomic E-state index is 12.7. The van der Waals surface area contributed by atoms with Gasteiger partial charge in [0.15, 0.2) is 0 Å². The van der Waals surface area contributed by atoms with Crippen molar-refractivity contribution in [2.45, 2.75) is 24.7 Å². The lowest BCUT2D eigenvalue weighted by molar-refractivity contribution is -0.119. The Morgan fingerprint density at radius 2 is 2.00 bits per heavy atom. The van der Waals surface area contributed by atoms with Crippen LogP contribution in [0.3, 0.4) is 0 Å². The molecule has 1 saturated carbocycles. The molecule has 120 valence electrons. The van der Waals surface area contributed by atoms with Crippen LogP contribution in [0, 0.1) is 5.92 Å². The van der Waals surface area contributed by atoms with Crippen molar-refractivity contribution in [1.82, 2.24) is 15.1 Å². The van der Waals surface area contributed by atoms with Crippen molar-refractivity contribution in [2.75, 3.05) is 25.5 Å². The SMILES string of the molecule is CN1C[C@@H](C(=O)Nc2nnc(C3CC3)s2)[C@H](c2ccccc2)C1. The highest BCUT2D eigenvalue weighted by Crippen LogP contribution is 2.42. The Hall–Kier alpha value is -1.79. The number of likely N-dealkylation sites (N-methyl/N-ethyl adjacent to an activating group) is 1. The van der Waals surface area contributed by atoms with Crippen molar-refractivity contribution in [2.24, 2.45) is 5.92 Å². The molecule has 0 radical (unpaired) electrons. The number of nitrogens with one attached hydrogen (secondary N) is 1. The van der Waals surface area contributed by atoms with Gasteiger partial charge in [-0.15, -0.1) is 10.2 Å². The van der Waals surface area contributed by atoms with Crippen LogP contribution >= 0.6 is 11.3 Å². The third kappa shape index (κ3) is 3.14. The summed E-state index contributed by atoms with van der Waals surface area (Å²) in [6.45, 7) is 1.69. The van der Waals surface area contributed by atoms with Gasteiger partial charge in [-0.3, -0.25) is 4.79 Å². The first-order valence-corrected chi connectivity index (χ1v) is 8.90. The van der Waals surface area contributed by atoms with Crippen LogP contribution in [0.15, 0.2) is 30.3 Å². The molecule has 1 amide bonds. The fourth-order valence-corrected chi connectivity index (χ4v) is 4.20. The minimum atomic E-state index is -0.0457. The number of benzene rings is 1. The number of hydrogen-bond donors (Lipinski definition) is 1. The molecule has 23 heavy (non-hydrogen) atoms. The standard InChI is InChI=1S/C17H20N4OS/c1-21-9-13(11-5-3-2-4-6-11)14(10-21)15(22)18-17-20-19-16(23-17)12-7-8-12/h2-6,12-14H,7-10H2,1H3,(H,18,20,22)/t13-,14+/m0/s1. The molecule has 2 heterocycles. The van der Waals surface area contributed by atoms with Crippen molar-refractivity contribution in [3.63, 3.8) is 0 Å². The van der Waals surface area contributed by atoms with Crippen LogP contribution in [-0.2, 0) is 4.79 Å². The maximum atomic E-state index is 12.7. The highest BCUT2D eigenvalue weighted by atomic mass is 32.1. The molecule has 4 rings (SSSR count). The summed E-state index contributed by atoms with van der Waals surface area (Å²) in [5.41, 5.74) is 1.23. The van der Waals surface area contributed by atoms with Crippen LogP contribution in [0.2, 0.25) is 0 Å². The lowest BCUT2D eigenvalue weighted by atomic mass is 9.88. The Balaban J connectivity index is 1.49. The number of carbonyl (C=O) groups excluding carboxylic acids is 1. The van der Waals surface area contributed by atoms with Gasteiger partial charge in [-0.2, -0.15) is 0 Å². The zero-order chi connectivity index (χ0) is 15.8. The maximum Gasteiger partial charge on any atom is 0.231 e. The molecule has 0 unspecified atom stereocenters. The molecule has 5 nitrogen and oxygen atoms in total. The molecule has 1 saturated heterocycles. The highest BCUT2D eigenvalue weighted by molar-refractivity contribution is 7.15. The Kier molecular flexibility index (Phi) is 3.87. The van der Waals surface area contributed by atoms with E-state index in [0.29, 0.717) is 11.0 Å². The summed E-state index contributed by atoms with van der Waals surface area (Å²) in [5.74, 6) is 0.822. The number of anilines is 1. The van der Waals surface area contributed by atoms with Gasteiger partial charge in [0, 0.05) is 24.9 Å². The topological polar surface area (TPSA) is 58.1 Å². The van der Waals surface area contributed by atoms with Crippen molar-refractivity contribution >= 4 is 22.4 Å². The van der Waals surface area contributed by atoms with E-state index in [1.165, 1.54) is 29.7 Å². The molecule has 1 N–H and O–H groups in total. The molecule has 0 spiro atoms. The van der Waals surface area contributed by atoms with Crippen molar-refractivity contribution in [3.05, 3.63) is 40.9 Å². The summed E-state index contributed by atoms with van der Waals surface area (Å²) in [6.07, 6.45) is 2.40. The number of nitrogens with zero attached hydrogens (tertiary/aromatic N) is 3. The van der Waals surface area contributed by atoms with Crippen molar-refractivity contribution < 1.29 is 4.79 Å². The molecule has 2 aliphatic rings. The minimum absolute atomic E-state index is 0.0457. The van der Waals surface area contributed by atoms with E-state index in [1.54, 1.807) is 0 Å². The van der Waals surface area contributed by atoms with Gasteiger partial charge in [-0.1, -0.05) is 41.7 Å². The van der Waals surface area contributed by atoms with Gasteiger partial charge in [-0.25, -0.2) is 0 Å². The minimum Gasteiger partial charge on any atom is -0.305 e. The van der Waals surface area contributed by atoms with E-state index in [9.17, 15) is 4.79 Å². The largest absolute Gasteiger partial charge is 0.305 e. The summed E-state index contributed by atoms with van der Waals surface area (Å²) >= 11 is 1.52. The van der Waals surface area contributed by atoms with Crippen molar-refractivity contribution in [1.29, 1.82) is 0 Å². The first-order chi connectivity index (χ1) is 11.2. The smallest absolute Gasteiger partial charge is 0.231 e. The molecule has 2 atom stereocenters. The number of rotatable bonds is 4. The van der Waals surface area contributed by atoms with E-state index in [1.807, 2.05) is 18.2 Å². The Labute approximate surface area is 139 Å². The summed E-state index contributed by atoms with van der Waals surface area (Å²) in [5, 5.41) is 13.0. The zero-order valence-corrected chi connectivity index (χ0v) is 13.9. The van der Waals surface area contributed by atoms with Gasteiger partial charge in [-0.05, 0) is 25.5 Å². The van der Waals surface area contributed by atoms with Crippen LogP contribution < -0.4 is 5.32 Å². The van der Waals surface area contributed by atoms with Gasteiger partial charge in [0.2, 0.25) is 11.0 Å². The summed E-state index contributed by atoms with van der Waals surface area (Å²) in [7, 11) is 2.07. The zero-order valence-electron chi connectivity index (χ0n) is 13.1. The van der Waals surface area contributed by atoms with E-state index in [2.05, 4.69) is 39.6 Å². The molecule has 6 heteroatoms. The summed E-state index contributed by atoms with van der Waals surface area (Å²) in [4.78, 5) is 15.0. The molecule has 2 fully saturated rings. The fraction of sp³-hybridized carbons (Fsp3) is 0.471. The lowest BCUT2D eigenvalue weighted by Gasteiger charge is -2.17. The lowest BCUT2D eigenvalue weighted by Crippen LogP contribution is -2.28. The fourth-order valence-electron chi connectivity index (χ4n) is 3.28. The average molecular weight is 328 g/mol. The second kappa shape index (κ2) is 6.02. The van der Waals surface area contributed by atoms with Gasteiger partial charge in [0.25, 0.3) is 0 Å². The predicted octanol–water partition coefficient (Wildman–Crippen LogP) is 2.70. The van der Waals surface area contributed by atoms with Gasteiger partial charge in [0.05, 0.1) is 5.92 Å². The van der Waals surface area contributed by atoms with E-state index in [-0.39, 0.29) is 17.7 Å². The molecule has 1 aliphatic carbocycles. The van der Waals surface area contributed by atoms with E-state index < -0.39 is 0 Å². The number of likely N-dealkylation sites (tertiary alicyclic amines) is 1. The third-order valence-electron chi connectivity index (χ3n) is 4.66. The molecule has 1 aliphatic heterocycles. The number of hydrogen-bond acceptors (Lipinski definition) is 5. The summed E-state index contributed by atoms with van der Waals surface area (Å²) in [6, 6.07) is 10.3. The molecule has 0 bridgehead atoms. The van der Waals surface area contributed by atoms with Crippen LogP contribution in [0.1, 0.15) is 35.2 Å². The average Bonchev–Trinajstić information content (AvgIpc) is 3.18. The van der Waals surface area contributed by atoms with E-state index in [0.717, 1.165) is 18.1 Å². The first-order valence-electron chi connectivity index (χ1n) is 8.08. The second-order valence-electron chi connectivity index (χ2n) is 6.55. The monoisotopic (exact) mass is 328 g/mol. The Bertz CT molecular complexity index is 698. The molecular formula is C17H20N4OS. The Morgan fingerprint density at radius 3 is 2.74 bits per heavy atom. The number of carbonyl (C=O) groups is 1. The Morgan fingerprint density at radius 1 is 1.22 bits per heavy atom.